The molecule has 2 aliphatic carbocycles. The van der Waals surface area contributed by atoms with Crippen molar-refractivity contribution < 1.29 is 22.7 Å². The van der Waals surface area contributed by atoms with E-state index >= 15 is 0 Å². The minimum Gasteiger partial charge on any atom is -0.461 e. The molecule has 0 radical (unpaired) electrons. The van der Waals surface area contributed by atoms with Crippen molar-refractivity contribution in [3.63, 3.8) is 0 Å². The van der Waals surface area contributed by atoms with Crippen molar-refractivity contribution in [2.45, 2.75) is 52.8 Å². The lowest BCUT2D eigenvalue weighted by molar-refractivity contribution is -0.147. The third-order valence-electron chi connectivity index (χ3n) is 6.97. The van der Waals surface area contributed by atoms with Crippen molar-refractivity contribution >= 4 is 17.6 Å². The van der Waals surface area contributed by atoms with E-state index in [9.17, 15) is 18.0 Å². The zero-order chi connectivity index (χ0) is 23.3. The molecule has 1 saturated carbocycles. The molecule has 6 heteroatoms. The SMILES string of the molecule is CC(=C(Cl)C(F)(F)F)[C@H]1[C@@H](C(=O)OCc2cccc3c2CCCc2ccccc2-3)C1(C)C. The molecule has 0 bridgehead atoms. The quantitative estimate of drug-likeness (QED) is 0.448. The van der Waals surface area contributed by atoms with E-state index in [-0.39, 0.29) is 12.2 Å². The first kappa shape index (κ1) is 22.9. The standard InChI is InChI=1S/C26H26ClF3O2/c1-15(23(27)26(28,29)30)21-22(25(21,2)3)24(31)32-14-17-10-7-13-20-18-11-5-4-8-16(18)9-6-12-19(17)20/h4-5,7-8,10-11,13,21-22H,6,9,12,14H2,1-3H3/t21-,22-/m0/s1. The highest BCUT2D eigenvalue weighted by Gasteiger charge is 2.64. The van der Waals surface area contributed by atoms with Crippen LogP contribution in [0.3, 0.4) is 0 Å². The molecule has 0 amide bonds. The Bertz CT molecular complexity index is 1080. The number of halogens is 4. The van der Waals surface area contributed by atoms with E-state index in [0.29, 0.717) is 0 Å². The van der Waals surface area contributed by atoms with E-state index in [2.05, 4.69) is 18.2 Å². The number of aryl methyl sites for hydroxylation is 1. The van der Waals surface area contributed by atoms with Crippen molar-refractivity contribution in [1.82, 2.24) is 0 Å². The smallest absolute Gasteiger partial charge is 0.426 e. The van der Waals surface area contributed by atoms with Crippen LogP contribution in [0.2, 0.25) is 0 Å². The Labute approximate surface area is 191 Å². The number of rotatable bonds is 4. The molecule has 4 rings (SSSR count). The molecule has 0 N–H and O–H groups in total. The van der Waals surface area contributed by atoms with Crippen LogP contribution in [0.4, 0.5) is 13.2 Å². The number of esters is 1. The molecule has 0 aliphatic heterocycles. The summed E-state index contributed by atoms with van der Waals surface area (Å²) in [5, 5.41) is -1.14. The van der Waals surface area contributed by atoms with Crippen molar-refractivity contribution in [2.75, 3.05) is 0 Å². The second-order valence-corrected chi connectivity index (χ2v) is 9.71. The third-order valence-corrected chi connectivity index (χ3v) is 7.48. The average molecular weight is 463 g/mol. The van der Waals surface area contributed by atoms with Gasteiger partial charge in [-0.3, -0.25) is 4.79 Å². The van der Waals surface area contributed by atoms with Gasteiger partial charge in [0.1, 0.15) is 11.6 Å². The predicted octanol–water partition coefficient (Wildman–Crippen LogP) is 7.23. The lowest BCUT2D eigenvalue weighted by Gasteiger charge is -2.14. The summed E-state index contributed by atoms with van der Waals surface area (Å²) in [5.74, 6) is -1.69. The maximum Gasteiger partial charge on any atom is 0.426 e. The molecule has 2 aromatic rings. The molecule has 170 valence electrons. The molecule has 2 aliphatic rings. The van der Waals surface area contributed by atoms with Gasteiger partial charge < -0.3 is 4.74 Å². The number of alkyl halides is 3. The number of ether oxygens (including phenoxy) is 1. The Balaban J connectivity index is 1.53. The lowest BCUT2D eigenvalue weighted by atomic mass is 9.93. The highest BCUT2D eigenvalue weighted by molar-refractivity contribution is 6.30. The number of fused-ring (bicyclic) bond motifs is 3. The van der Waals surface area contributed by atoms with E-state index < -0.39 is 34.4 Å². The largest absolute Gasteiger partial charge is 0.461 e. The third kappa shape index (κ3) is 4.07. The molecule has 32 heavy (non-hydrogen) atoms. The fourth-order valence-electron chi connectivity index (χ4n) is 5.26. The minimum absolute atomic E-state index is 0.00342. The molecule has 0 spiro atoms. The van der Waals surface area contributed by atoms with E-state index in [1.165, 1.54) is 23.6 Å². The summed E-state index contributed by atoms with van der Waals surface area (Å²) in [5.41, 5.74) is 5.17. The Kier molecular flexibility index (Phi) is 5.91. The van der Waals surface area contributed by atoms with Gasteiger partial charge in [0, 0.05) is 5.92 Å². The molecule has 2 nitrogen and oxygen atoms in total. The molecule has 2 aromatic carbocycles. The molecule has 0 aromatic heterocycles. The Hall–Kier alpha value is -2.27. The first-order valence-corrected chi connectivity index (χ1v) is 11.2. The number of carbonyl (C=O) groups is 1. The summed E-state index contributed by atoms with van der Waals surface area (Å²) in [6.07, 6.45) is -1.73. The first-order chi connectivity index (χ1) is 15.0. The van der Waals surface area contributed by atoms with Gasteiger partial charge in [-0.25, -0.2) is 0 Å². The topological polar surface area (TPSA) is 26.3 Å². The minimum atomic E-state index is -4.61. The van der Waals surface area contributed by atoms with Gasteiger partial charge in [-0.05, 0) is 65.0 Å². The van der Waals surface area contributed by atoms with E-state index in [1.807, 2.05) is 24.3 Å². The first-order valence-electron chi connectivity index (χ1n) is 10.8. The molecule has 0 unspecified atom stereocenters. The van der Waals surface area contributed by atoms with Crippen LogP contribution in [0.25, 0.3) is 11.1 Å². The summed E-state index contributed by atoms with van der Waals surface area (Å²) >= 11 is 5.55. The number of allylic oxidation sites excluding steroid dienone is 2. The van der Waals surface area contributed by atoms with E-state index in [4.69, 9.17) is 16.3 Å². The van der Waals surface area contributed by atoms with Gasteiger partial charge in [0.25, 0.3) is 0 Å². The number of carbonyl (C=O) groups excluding carboxylic acids is 1. The predicted molar refractivity (Wildman–Crippen MR) is 119 cm³/mol. The van der Waals surface area contributed by atoms with Crippen LogP contribution in [0, 0.1) is 17.3 Å². The number of benzene rings is 2. The maximum atomic E-state index is 13.0. The summed E-state index contributed by atoms with van der Waals surface area (Å²) in [6, 6.07) is 14.4. The lowest BCUT2D eigenvalue weighted by Crippen LogP contribution is -2.13. The summed E-state index contributed by atoms with van der Waals surface area (Å²) in [7, 11) is 0. The zero-order valence-corrected chi connectivity index (χ0v) is 19.1. The van der Waals surface area contributed by atoms with Crippen molar-refractivity contribution in [3.05, 3.63) is 69.8 Å². The maximum absolute atomic E-state index is 13.0. The Morgan fingerprint density at radius 1 is 1.06 bits per heavy atom. The highest BCUT2D eigenvalue weighted by Crippen LogP contribution is 2.63. The number of hydrogen-bond acceptors (Lipinski definition) is 2. The van der Waals surface area contributed by atoms with Crippen LogP contribution in [-0.4, -0.2) is 12.1 Å². The zero-order valence-electron chi connectivity index (χ0n) is 18.4. The van der Waals surface area contributed by atoms with E-state index in [0.717, 1.165) is 30.4 Å². The fraction of sp³-hybridized carbons (Fsp3) is 0.423. The number of hydrogen-bond donors (Lipinski definition) is 0. The van der Waals surface area contributed by atoms with Crippen molar-refractivity contribution in [2.24, 2.45) is 17.3 Å². The van der Waals surface area contributed by atoms with Crippen LogP contribution >= 0.6 is 11.6 Å². The normalized spacial score (nSPS) is 22.2. The van der Waals surface area contributed by atoms with Gasteiger partial charge in [-0.1, -0.05) is 67.9 Å². The van der Waals surface area contributed by atoms with Gasteiger partial charge in [-0.15, -0.1) is 0 Å². The van der Waals surface area contributed by atoms with Crippen LogP contribution in [-0.2, 0) is 29.0 Å². The van der Waals surface area contributed by atoms with Gasteiger partial charge in [0.05, 0.1) is 5.92 Å². The second-order valence-electron chi connectivity index (χ2n) is 9.33. The van der Waals surface area contributed by atoms with Gasteiger partial charge in [0.2, 0.25) is 0 Å². The second kappa shape index (κ2) is 8.26. The van der Waals surface area contributed by atoms with Crippen molar-refractivity contribution in [3.8, 4) is 11.1 Å². The molecule has 0 heterocycles. The van der Waals surface area contributed by atoms with Crippen molar-refractivity contribution in [1.29, 1.82) is 0 Å². The highest BCUT2D eigenvalue weighted by atomic mass is 35.5. The summed E-state index contributed by atoms with van der Waals surface area (Å²) in [6.45, 7) is 5.02. The van der Waals surface area contributed by atoms with Crippen LogP contribution in [0.5, 0.6) is 0 Å². The van der Waals surface area contributed by atoms with Gasteiger partial charge in [0.15, 0.2) is 0 Å². The molecule has 2 atom stereocenters. The van der Waals surface area contributed by atoms with Crippen LogP contribution in [0.15, 0.2) is 53.1 Å². The molecular weight excluding hydrogens is 437 g/mol. The Morgan fingerprint density at radius 2 is 1.75 bits per heavy atom. The molecular formula is C26H26ClF3O2. The molecule has 0 saturated heterocycles. The van der Waals surface area contributed by atoms with Crippen LogP contribution < -0.4 is 0 Å². The summed E-state index contributed by atoms with van der Waals surface area (Å²) in [4.78, 5) is 12.8. The summed E-state index contributed by atoms with van der Waals surface area (Å²) < 4.78 is 44.7. The monoisotopic (exact) mass is 462 g/mol. The fourth-order valence-corrected chi connectivity index (χ4v) is 5.38. The molecule has 1 fully saturated rings. The average Bonchev–Trinajstić information content (AvgIpc) is 3.38. The Morgan fingerprint density at radius 3 is 2.47 bits per heavy atom. The van der Waals surface area contributed by atoms with Gasteiger partial charge >= 0.3 is 12.1 Å². The van der Waals surface area contributed by atoms with Gasteiger partial charge in [-0.2, -0.15) is 13.2 Å². The van der Waals surface area contributed by atoms with E-state index in [1.54, 1.807) is 13.8 Å². The van der Waals surface area contributed by atoms with Crippen LogP contribution in [0.1, 0.15) is 43.9 Å².